The Labute approximate surface area is 327 Å². The van der Waals surface area contributed by atoms with E-state index in [1.165, 1.54) is 193 Å². The first-order valence-electron chi connectivity index (χ1n) is 21.8. The van der Waals surface area contributed by atoms with Crippen LogP contribution >= 0.6 is 31.9 Å². The topological polar surface area (TPSA) is 18.5 Å². The summed E-state index contributed by atoms with van der Waals surface area (Å²) < 4.78 is 14.8. The van der Waals surface area contributed by atoms with E-state index in [1.54, 1.807) is 0 Å². The molecule has 2 aromatic rings. The van der Waals surface area contributed by atoms with Crippen LogP contribution in [0.5, 0.6) is 11.5 Å². The predicted octanol–water partition coefficient (Wildman–Crippen LogP) is 17.6. The lowest BCUT2D eigenvalue weighted by molar-refractivity contribution is 0.303. The van der Waals surface area contributed by atoms with Gasteiger partial charge in [0.2, 0.25) is 0 Å². The molecule has 0 aliphatic heterocycles. The number of ether oxygens (including phenoxy) is 2. The summed E-state index contributed by atoms with van der Waals surface area (Å²) in [4.78, 5) is 0. The fraction of sp³-hybridized carbons (Fsp3) is 0.783. The number of hydrogen-bond donors (Lipinski definition) is 0. The van der Waals surface area contributed by atoms with Gasteiger partial charge in [-0.1, -0.05) is 206 Å². The minimum absolute atomic E-state index is 0.765. The van der Waals surface area contributed by atoms with Crippen molar-refractivity contribution in [3.8, 4) is 11.5 Å². The molecule has 50 heavy (non-hydrogen) atoms. The van der Waals surface area contributed by atoms with Gasteiger partial charge >= 0.3 is 0 Å². The van der Waals surface area contributed by atoms with E-state index >= 15 is 0 Å². The zero-order chi connectivity index (χ0) is 35.7. The molecule has 0 fully saturated rings. The van der Waals surface area contributed by atoms with Gasteiger partial charge in [-0.05, 0) is 69.0 Å². The van der Waals surface area contributed by atoms with E-state index in [0.29, 0.717) is 0 Å². The van der Waals surface area contributed by atoms with Crippen LogP contribution in [0, 0.1) is 0 Å². The van der Waals surface area contributed by atoms with Gasteiger partial charge in [0.25, 0.3) is 0 Å². The van der Waals surface area contributed by atoms with Crippen LogP contribution in [0.3, 0.4) is 0 Å². The molecule has 0 aromatic heterocycles. The summed E-state index contributed by atoms with van der Waals surface area (Å²) in [5.74, 6) is 1.89. The molecule has 2 rings (SSSR count). The molecule has 0 spiro atoms. The van der Waals surface area contributed by atoms with Crippen LogP contribution in [0.15, 0.2) is 33.2 Å². The molecule has 0 atom stereocenters. The Bertz CT molecular complexity index is 971. The van der Waals surface area contributed by atoms with Crippen LogP contribution in [0.1, 0.15) is 219 Å². The highest BCUT2D eigenvalue weighted by molar-refractivity contribution is 9.11. The molecule has 4 heteroatoms. The average Bonchev–Trinajstić information content (AvgIpc) is 3.12. The Morgan fingerprint density at radius 1 is 0.320 bits per heavy atom. The third kappa shape index (κ3) is 22.4. The highest BCUT2D eigenvalue weighted by atomic mass is 79.9. The van der Waals surface area contributed by atoms with Crippen LogP contribution in [0.25, 0.3) is 10.8 Å². The van der Waals surface area contributed by atoms with E-state index < -0.39 is 0 Å². The van der Waals surface area contributed by atoms with E-state index in [2.05, 4.69) is 70.0 Å². The van der Waals surface area contributed by atoms with Crippen molar-refractivity contribution in [2.75, 3.05) is 13.2 Å². The van der Waals surface area contributed by atoms with E-state index in [4.69, 9.17) is 9.47 Å². The fourth-order valence-electron chi connectivity index (χ4n) is 7.24. The Kier molecular flexibility index (Phi) is 29.9. The van der Waals surface area contributed by atoms with Crippen molar-refractivity contribution < 1.29 is 9.47 Å². The largest absolute Gasteiger partial charge is 0.492 e. The number of hydrogen-bond acceptors (Lipinski definition) is 2. The van der Waals surface area contributed by atoms with E-state index in [0.717, 1.165) is 57.3 Å². The molecule has 2 aromatic carbocycles. The number of rotatable bonds is 36. The highest BCUT2D eigenvalue weighted by Crippen LogP contribution is 2.41. The van der Waals surface area contributed by atoms with E-state index in [1.807, 2.05) is 0 Å². The maximum absolute atomic E-state index is 6.38. The Hall–Kier alpha value is -0.740. The van der Waals surface area contributed by atoms with Crippen LogP contribution in [-0.4, -0.2) is 13.2 Å². The lowest BCUT2D eigenvalue weighted by Gasteiger charge is -2.16. The van der Waals surface area contributed by atoms with Crippen molar-refractivity contribution in [2.45, 2.75) is 219 Å². The normalized spacial score (nSPS) is 11.5. The van der Waals surface area contributed by atoms with Gasteiger partial charge in [0.05, 0.1) is 22.2 Å². The Balaban J connectivity index is 1.52. The number of benzene rings is 2. The monoisotopic (exact) mass is 820 g/mol. The van der Waals surface area contributed by atoms with Crippen LogP contribution in [-0.2, 0) is 0 Å². The second-order valence-electron chi connectivity index (χ2n) is 15.2. The van der Waals surface area contributed by atoms with Gasteiger partial charge in [-0.2, -0.15) is 0 Å². The van der Waals surface area contributed by atoms with Gasteiger partial charge in [0, 0.05) is 10.8 Å². The third-order valence-electron chi connectivity index (χ3n) is 10.5. The van der Waals surface area contributed by atoms with Crippen molar-refractivity contribution in [2.24, 2.45) is 0 Å². The molecule has 0 radical (unpaired) electrons. The predicted molar refractivity (Wildman–Crippen MR) is 229 cm³/mol. The van der Waals surface area contributed by atoms with Crippen molar-refractivity contribution in [1.29, 1.82) is 0 Å². The molecule has 0 bridgehead atoms. The van der Waals surface area contributed by atoms with Crippen molar-refractivity contribution >= 4 is 42.6 Å². The summed E-state index contributed by atoms with van der Waals surface area (Å²) in [6.07, 6.45) is 44.4. The standard InChI is InChI=1S/C46H78Br2O2/c1-3-5-7-9-11-13-15-17-19-21-23-25-27-29-31-33-39-49-45-41-35-38-44(48)46(42(41)36-37-43(45)47)50-40-34-32-30-28-26-24-22-20-18-16-14-12-10-8-6-4-2/h35-38H,3-34,39-40H2,1-2H3. The molecule has 0 unspecified atom stereocenters. The summed E-state index contributed by atoms with van der Waals surface area (Å²) in [6.45, 7) is 6.13. The first-order valence-corrected chi connectivity index (χ1v) is 23.4. The quantitative estimate of drug-likeness (QED) is 0.0638. The average molecular weight is 823 g/mol. The first kappa shape index (κ1) is 45.4. The van der Waals surface area contributed by atoms with E-state index in [9.17, 15) is 0 Å². The second-order valence-corrected chi connectivity index (χ2v) is 16.9. The molecule has 288 valence electrons. The highest BCUT2D eigenvalue weighted by Gasteiger charge is 2.14. The zero-order valence-corrected chi connectivity index (χ0v) is 36.1. The van der Waals surface area contributed by atoms with Crippen LogP contribution < -0.4 is 9.47 Å². The van der Waals surface area contributed by atoms with Gasteiger partial charge in [0.1, 0.15) is 11.5 Å². The van der Waals surface area contributed by atoms with Gasteiger partial charge < -0.3 is 9.47 Å². The molecule has 0 saturated carbocycles. The molecule has 0 aliphatic carbocycles. The number of halogens is 2. The first-order chi connectivity index (χ1) is 24.7. The van der Waals surface area contributed by atoms with Crippen molar-refractivity contribution in [1.82, 2.24) is 0 Å². The van der Waals surface area contributed by atoms with Gasteiger partial charge in [-0.3, -0.25) is 0 Å². The summed E-state index contributed by atoms with van der Waals surface area (Å²) in [6, 6.07) is 8.54. The van der Waals surface area contributed by atoms with Crippen LogP contribution in [0.2, 0.25) is 0 Å². The van der Waals surface area contributed by atoms with Gasteiger partial charge in [-0.15, -0.1) is 0 Å². The second kappa shape index (κ2) is 32.9. The molecular formula is C46H78Br2O2. The summed E-state index contributed by atoms with van der Waals surface area (Å²) in [5.41, 5.74) is 0. The Morgan fingerprint density at radius 3 is 0.780 bits per heavy atom. The zero-order valence-electron chi connectivity index (χ0n) is 32.9. The molecule has 0 aliphatic rings. The molecule has 0 heterocycles. The molecule has 2 nitrogen and oxygen atoms in total. The van der Waals surface area contributed by atoms with Crippen LogP contribution in [0.4, 0.5) is 0 Å². The maximum Gasteiger partial charge on any atom is 0.141 e. The SMILES string of the molecule is CCCCCCCCCCCCCCCCCCOc1c(Br)ccc2c(OCCCCCCCCCCCCCCCCCC)c(Br)ccc12. The summed E-state index contributed by atoms with van der Waals surface area (Å²) in [7, 11) is 0. The molecule has 0 amide bonds. The lowest BCUT2D eigenvalue weighted by atomic mass is 10.0. The minimum Gasteiger partial charge on any atom is -0.492 e. The third-order valence-corrected chi connectivity index (χ3v) is 11.7. The minimum atomic E-state index is 0.765. The lowest BCUT2D eigenvalue weighted by Crippen LogP contribution is -2.01. The molecule has 0 N–H and O–H groups in total. The summed E-state index contributed by atoms with van der Waals surface area (Å²) >= 11 is 7.52. The van der Waals surface area contributed by atoms with Crippen molar-refractivity contribution in [3.63, 3.8) is 0 Å². The van der Waals surface area contributed by atoms with Crippen molar-refractivity contribution in [3.05, 3.63) is 33.2 Å². The molecule has 0 saturated heterocycles. The molecular weight excluding hydrogens is 744 g/mol. The smallest absolute Gasteiger partial charge is 0.141 e. The maximum atomic E-state index is 6.38. The van der Waals surface area contributed by atoms with E-state index in [-0.39, 0.29) is 0 Å². The van der Waals surface area contributed by atoms with Gasteiger partial charge in [0.15, 0.2) is 0 Å². The fourth-order valence-corrected chi connectivity index (χ4v) is 8.16. The summed E-state index contributed by atoms with van der Waals surface area (Å²) in [5, 5.41) is 2.25. The van der Waals surface area contributed by atoms with Gasteiger partial charge in [-0.25, -0.2) is 0 Å². The number of fused-ring (bicyclic) bond motifs is 1. The Morgan fingerprint density at radius 2 is 0.540 bits per heavy atom. The number of unbranched alkanes of at least 4 members (excludes halogenated alkanes) is 30.